The quantitative estimate of drug-likeness (QED) is 0.867. The molecule has 1 aromatic rings. The van der Waals surface area contributed by atoms with Crippen molar-refractivity contribution < 1.29 is 14.7 Å². The number of fused-ring (bicyclic) bond motifs is 1. The molecule has 2 rings (SSSR count). The van der Waals surface area contributed by atoms with Gasteiger partial charge in [-0.2, -0.15) is 0 Å². The van der Waals surface area contributed by atoms with Crippen LogP contribution in [0.3, 0.4) is 0 Å². The van der Waals surface area contributed by atoms with Crippen LogP contribution in [-0.4, -0.2) is 30.1 Å². The molecule has 5 heteroatoms. The van der Waals surface area contributed by atoms with Gasteiger partial charge in [0.15, 0.2) is 0 Å². The Kier molecular flexibility index (Phi) is 4.63. The van der Waals surface area contributed by atoms with E-state index in [9.17, 15) is 9.59 Å². The zero-order chi connectivity index (χ0) is 15.6. The number of amides is 1. The molecule has 1 aliphatic rings. The van der Waals surface area contributed by atoms with E-state index in [2.05, 4.69) is 13.8 Å². The number of carbonyl (C=O) groups is 2. The van der Waals surface area contributed by atoms with Crippen LogP contribution in [0.2, 0.25) is 0 Å². The van der Waals surface area contributed by atoms with Crippen LogP contribution < -0.4 is 10.6 Å². The van der Waals surface area contributed by atoms with Crippen LogP contribution >= 0.6 is 0 Å². The third-order valence-electron chi connectivity index (χ3n) is 3.88. The molecule has 21 heavy (non-hydrogen) atoms. The van der Waals surface area contributed by atoms with Crippen LogP contribution in [0.15, 0.2) is 18.2 Å². The Morgan fingerprint density at radius 2 is 2.10 bits per heavy atom. The van der Waals surface area contributed by atoms with Crippen molar-refractivity contribution in [1.82, 2.24) is 0 Å². The minimum absolute atomic E-state index is 0.0491. The van der Waals surface area contributed by atoms with Crippen LogP contribution in [0.5, 0.6) is 0 Å². The third kappa shape index (κ3) is 3.24. The fourth-order valence-electron chi connectivity index (χ4n) is 2.85. The fourth-order valence-corrected chi connectivity index (χ4v) is 2.85. The molecule has 3 N–H and O–H groups in total. The Balaban J connectivity index is 2.22. The highest BCUT2D eigenvalue weighted by molar-refractivity contribution is 5.98. The van der Waals surface area contributed by atoms with Gasteiger partial charge in [-0.15, -0.1) is 0 Å². The Morgan fingerprint density at radius 3 is 2.67 bits per heavy atom. The number of rotatable bonds is 5. The second kappa shape index (κ2) is 6.26. The number of anilines is 1. The van der Waals surface area contributed by atoms with Crippen molar-refractivity contribution in [3.63, 3.8) is 0 Å². The summed E-state index contributed by atoms with van der Waals surface area (Å²) >= 11 is 0. The summed E-state index contributed by atoms with van der Waals surface area (Å²) in [6.07, 6.45) is 1.47. The minimum Gasteiger partial charge on any atom is -0.478 e. The average molecular weight is 290 g/mol. The average Bonchev–Trinajstić information content (AvgIpc) is 2.86. The summed E-state index contributed by atoms with van der Waals surface area (Å²) in [6, 6.07) is 4.93. The largest absolute Gasteiger partial charge is 0.478 e. The van der Waals surface area contributed by atoms with Gasteiger partial charge < -0.3 is 15.7 Å². The van der Waals surface area contributed by atoms with E-state index < -0.39 is 5.97 Å². The molecule has 1 aromatic carbocycles. The molecule has 1 heterocycles. The SMILES string of the molecule is CC(C)CC(CN)C(=O)N1CCc2cc(C(=O)O)ccc21. The fraction of sp³-hybridized carbons (Fsp3) is 0.500. The number of carbonyl (C=O) groups excluding carboxylic acids is 1. The lowest BCUT2D eigenvalue weighted by molar-refractivity contribution is -0.122. The Hall–Kier alpha value is -1.88. The van der Waals surface area contributed by atoms with E-state index in [0.717, 1.165) is 17.7 Å². The van der Waals surface area contributed by atoms with Crippen LogP contribution in [-0.2, 0) is 11.2 Å². The maximum absolute atomic E-state index is 12.6. The van der Waals surface area contributed by atoms with Crippen molar-refractivity contribution in [3.05, 3.63) is 29.3 Å². The first-order chi connectivity index (χ1) is 9.93. The summed E-state index contributed by atoms with van der Waals surface area (Å²) in [7, 11) is 0. The number of benzene rings is 1. The van der Waals surface area contributed by atoms with Crippen LogP contribution in [0.1, 0.15) is 36.2 Å². The lowest BCUT2D eigenvalue weighted by Gasteiger charge is -2.24. The van der Waals surface area contributed by atoms with Crippen molar-refractivity contribution in [1.29, 1.82) is 0 Å². The van der Waals surface area contributed by atoms with E-state index in [1.807, 2.05) is 0 Å². The van der Waals surface area contributed by atoms with E-state index >= 15 is 0 Å². The van der Waals surface area contributed by atoms with Gasteiger partial charge in [-0.3, -0.25) is 4.79 Å². The summed E-state index contributed by atoms with van der Waals surface area (Å²) in [6.45, 7) is 5.10. The molecule has 0 spiro atoms. The van der Waals surface area contributed by atoms with Crippen molar-refractivity contribution in [2.45, 2.75) is 26.7 Å². The highest BCUT2D eigenvalue weighted by atomic mass is 16.4. The van der Waals surface area contributed by atoms with E-state index in [1.165, 1.54) is 0 Å². The molecule has 0 bridgehead atoms. The van der Waals surface area contributed by atoms with Gasteiger partial charge in [0.1, 0.15) is 0 Å². The maximum atomic E-state index is 12.6. The predicted molar refractivity (Wildman–Crippen MR) is 81.5 cm³/mol. The smallest absolute Gasteiger partial charge is 0.335 e. The van der Waals surface area contributed by atoms with Crippen molar-refractivity contribution >= 4 is 17.6 Å². The summed E-state index contributed by atoms with van der Waals surface area (Å²) in [5.41, 5.74) is 7.76. The van der Waals surface area contributed by atoms with Crippen LogP contribution in [0.25, 0.3) is 0 Å². The van der Waals surface area contributed by atoms with Gasteiger partial charge in [0.05, 0.1) is 11.5 Å². The monoisotopic (exact) mass is 290 g/mol. The molecule has 1 unspecified atom stereocenters. The molecule has 0 saturated carbocycles. The number of nitrogens with two attached hydrogens (primary N) is 1. The zero-order valence-corrected chi connectivity index (χ0v) is 12.5. The number of hydrogen-bond donors (Lipinski definition) is 2. The number of hydrogen-bond acceptors (Lipinski definition) is 3. The number of carboxylic acids is 1. The van der Waals surface area contributed by atoms with Crippen LogP contribution in [0, 0.1) is 11.8 Å². The number of aromatic carboxylic acids is 1. The van der Waals surface area contributed by atoms with Gasteiger partial charge in [-0.25, -0.2) is 4.79 Å². The summed E-state index contributed by atoms with van der Waals surface area (Å²) in [5.74, 6) is -0.649. The lowest BCUT2D eigenvalue weighted by atomic mass is 9.96. The molecular formula is C16H22N2O3. The first-order valence-corrected chi connectivity index (χ1v) is 7.31. The number of carboxylic acid groups (broad SMARTS) is 1. The molecule has 0 radical (unpaired) electrons. The van der Waals surface area contributed by atoms with Gasteiger partial charge in [-0.1, -0.05) is 13.8 Å². The Bertz CT molecular complexity index is 554. The van der Waals surface area contributed by atoms with Crippen LogP contribution in [0.4, 0.5) is 5.69 Å². The molecule has 0 aromatic heterocycles. The first-order valence-electron chi connectivity index (χ1n) is 7.31. The van der Waals surface area contributed by atoms with E-state index in [0.29, 0.717) is 25.4 Å². The van der Waals surface area contributed by atoms with Crippen molar-refractivity contribution in [2.75, 3.05) is 18.0 Å². The minimum atomic E-state index is -0.942. The maximum Gasteiger partial charge on any atom is 0.335 e. The van der Waals surface area contributed by atoms with Crippen molar-refractivity contribution in [3.8, 4) is 0 Å². The van der Waals surface area contributed by atoms with E-state index in [4.69, 9.17) is 10.8 Å². The number of nitrogens with zero attached hydrogens (tertiary/aromatic N) is 1. The summed E-state index contributed by atoms with van der Waals surface area (Å²) in [4.78, 5) is 25.4. The second-order valence-corrected chi connectivity index (χ2v) is 5.95. The van der Waals surface area contributed by atoms with Gasteiger partial charge in [0.25, 0.3) is 0 Å². The highest BCUT2D eigenvalue weighted by Crippen LogP contribution is 2.31. The van der Waals surface area contributed by atoms with E-state index in [1.54, 1.807) is 23.1 Å². The first kappa shape index (κ1) is 15.5. The van der Waals surface area contributed by atoms with Gasteiger partial charge in [0.2, 0.25) is 5.91 Å². The Morgan fingerprint density at radius 1 is 1.38 bits per heavy atom. The highest BCUT2D eigenvalue weighted by Gasteiger charge is 2.30. The normalized spacial score (nSPS) is 15.1. The standard InChI is InChI=1S/C16H22N2O3/c1-10(2)7-13(9-17)15(19)18-6-5-11-8-12(16(20)21)3-4-14(11)18/h3-4,8,10,13H,5-7,9,17H2,1-2H3,(H,20,21). The Labute approximate surface area is 124 Å². The van der Waals surface area contributed by atoms with Gasteiger partial charge >= 0.3 is 5.97 Å². The summed E-state index contributed by atoms with van der Waals surface area (Å²) < 4.78 is 0. The third-order valence-corrected chi connectivity index (χ3v) is 3.88. The predicted octanol–water partition coefficient (Wildman–Crippen LogP) is 1.89. The topological polar surface area (TPSA) is 83.6 Å². The van der Waals surface area contributed by atoms with E-state index in [-0.39, 0.29) is 17.4 Å². The molecule has 1 amide bonds. The molecule has 0 aliphatic carbocycles. The molecule has 1 atom stereocenters. The molecule has 1 aliphatic heterocycles. The molecular weight excluding hydrogens is 268 g/mol. The van der Waals surface area contributed by atoms with Gasteiger partial charge in [-0.05, 0) is 42.5 Å². The molecule has 0 saturated heterocycles. The molecule has 5 nitrogen and oxygen atoms in total. The van der Waals surface area contributed by atoms with Crippen molar-refractivity contribution in [2.24, 2.45) is 17.6 Å². The second-order valence-electron chi connectivity index (χ2n) is 5.95. The summed E-state index contributed by atoms with van der Waals surface area (Å²) in [5, 5.41) is 9.02. The lowest BCUT2D eigenvalue weighted by Crippen LogP contribution is -2.38. The molecule has 114 valence electrons. The van der Waals surface area contributed by atoms with Gasteiger partial charge in [0, 0.05) is 18.8 Å². The zero-order valence-electron chi connectivity index (χ0n) is 12.5. The molecule has 0 fully saturated rings.